The van der Waals surface area contributed by atoms with Crippen LogP contribution < -0.4 is 5.32 Å². The van der Waals surface area contributed by atoms with Crippen molar-refractivity contribution >= 4 is 23.4 Å². The molecule has 1 N–H and O–H groups in total. The van der Waals surface area contributed by atoms with Crippen LogP contribution in [0.1, 0.15) is 24.0 Å². The van der Waals surface area contributed by atoms with Crippen LogP contribution in [0, 0.1) is 49.4 Å². The van der Waals surface area contributed by atoms with Crippen molar-refractivity contribution < 1.29 is 14.4 Å². The van der Waals surface area contributed by atoms with E-state index >= 15 is 0 Å². The summed E-state index contributed by atoms with van der Waals surface area (Å²) in [4.78, 5) is 39.6. The summed E-state index contributed by atoms with van der Waals surface area (Å²) in [6, 6.07) is 5.78. The minimum absolute atomic E-state index is 0.0609. The Morgan fingerprint density at radius 3 is 2.33 bits per heavy atom. The molecule has 1 aromatic rings. The molecule has 0 aromatic heterocycles. The maximum atomic E-state index is 12.9. The maximum Gasteiger partial charge on any atom is 0.233 e. The minimum atomic E-state index is -0.182. The van der Waals surface area contributed by atoms with Crippen molar-refractivity contribution in [3.05, 3.63) is 41.5 Å². The minimum Gasteiger partial charge on any atom is -0.326 e. The first kappa shape index (κ1) is 16.7. The van der Waals surface area contributed by atoms with Crippen LogP contribution in [-0.2, 0) is 14.4 Å². The largest absolute Gasteiger partial charge is 0.326 e. The number of nitrogens with one attached hydrogen (secondary N) is 1. The molecule has 2 bridgehead atoms. The third kappa shape index (κ3) is 2.40. The molecule has 5 nitrogen and oxygen atoms in total. The summed E-state index contributed by atoms with van der Waals surface area (Å²) < 4.78 is 0. The van der Waals surface area contributed by atoms with Gasteiger partial charge in [-0.25, -0.2) is 0 Å². The molecular formula is C22H24N2O3. The first-order valence-electron chi connectivity index (χ1n) is 9.87. The number of aryl methyl sites for hydroxylation is 1. The number of carbonyl (C=O) groups is 3. The molecule has 3 fully saturated rings. The fraction of sp³-hybridized carbons (Fsp3) is 0.500. The van der Waals surface area contributed by atoms with E-state index in [1.165, 1.54) is 4.90 Å². The molecule has 1 aliphatic heterocycles. The Balaban J connectivity index is 1.26. The van der Waals surface area contributed by atoms with E-state index in [0.717, 1.165) is 23.2 Å². The quantitative estimate of drug-likeness (QED) is 0.660. The first-order chi connectivity index (χ1) is 13.0. The van der Waals surface area contributed by atoms with Gasteiger partial charge in [-0.2, -0.15) is 0 Å². The average Bonchev–Trinajstić information content (AvgIpc) is 3.43. The van der Waals surface area contributed by atoms with E-state index in [1.807, 2.05) is 32.0 Å². The highest BCUT2D eigenvalue weighted by atomic mass is 16.2. The van der Waals surface area contributed by atoms with Gasteiger partial charge in [-0.3, -0.25) is 19.3 Å². The van der Waals surface area contributed by atoms with Gasteiger partial charge in [0, 0.05) is 18.7 Å². The Morgan fingerprint density at radius 1 is 1.07 bits per heavy atom. The van der Waals surface area contributed by atoms with Gasteiger partial charge < -0.3 is 5.32 Å². The van der Waals surface area contributed by atoms with Gasteiger partial charge in [0.15, 0.2) is 0 Å². The Labute approximate surface area is 158 Å². The summed E-state index contributed by atoms with van der Waals surface area (Å²) in [5, 5.41) is 2.91. The van der Waals surface area contributed by atoms with Crippen molar-refractivity contribution in [3.8, 4) is 0 Å². The number of hydrogen-bond acceptors (Lipinski definition) is 3. The normalized spacial score (nSPS) is 35.3. The summed E-state index contributed by atoms with van der Waals surface area (Å²) >= 11 is 0. The number of amides is 3. The van der Waals surface area contributed by atoms with E-state index in [4.69, 9.17) is 0 Å². The Hall–Kier alpha value is -2.43. The van der Waals surface area contributed by atoms with Gasteiger partial charge in [-0.05, 0) is 61.1 Å². The summed E-state index contributed by atoms with van der Waals surface area (Å²) in [5.74, 6) is 1.02. The van der Waals surface area contributed by atoms with Crippen molar-refractivity contribution in [2.45, 2.75) is 26.7 Å². The molecule has 0 radical (unpaired) electrons. The summed E-state index contributed by atoms with van der Waals surface area (Å²) in [7, 11) is 0. The van der Waals surface area contributed by atoms with E-state index in [9.17, 15) is 14.4 Å². The highest BCUT2D eigenvalue weighted by Gasteiger charge is 2.66. The number of benzene rings is 1. The molecule has 27 heavy (non-hydrogen) atoms. The van der Waals surface area contributed by atoms with Gasteiger partial charge in [-0.1, -0.05) is 24.3 Å². The topological polar surface area (TPSA) is 66.5 Å². The van der Waals surface area contributed by atoms with Crippen molar-refractivity contribution in [1.82, 2.24) is 4.90 Å². The molecule has 1 heterocycles. The lowest BCUT2D eigenvalue weighted by atomic mass is 9.63. The molecule has 6 atom stereocenters. The lowest BCUT2D eigenvalue weighted by Gasteiger charge is -2.37. The number of imide groups is 1. The van der Waals surface area contributed by atoms with Crippen LogP contribution >= 0.6 is 0 Å². The number of carbonyl (C=O) groups excluding carboxylic acids is 3. The van der Waals surface area contributed by atoms with Crippen LogP contribution in [0.4, 0.5) is 5.69 Å². The van der Waals surface area contributed by atoms with E-state index in [1.54, 1.807) is 0 Å². The third-order valence-corrected chi connectivity index (χ3v) is 7.20. The van der Waals surface area contributed by atoms with Gasteiger partial charge >= 0.3 is 0 Å². The standard InChI is InChI=1S/C22H24N2O3/c1-11-4-3-5-17(12(11)2)23-18(25)8-9-24-21(26)19-13-6-7-14(16-10-15(13)16)20(19)22(24)27/h3-7,13-16,19-20H,8-10H2,1-2H3,(H,23,25)/t13-,14-,15-,16-,19-,20+/m0/s1. The predicted molar refractivity (Wildman–Crippen MR) is 101 cm³/mol. The molecule has 3 amide bonds. The summed E-state index contributed by atoms with van der Waals surface area (Å²) in [6.07, 6.45) is 5.64. The zero-order valence-electron chi connectivity index (χ0n) is 15.6. The second-order valence-electron chi connectivity index (χ2n) is 8.53. The molecule has 140 valence electrons. The predicted octanol–water partition coefficient (Wildman–Crippen LogP) is 2.69. The molecule has 5 heteroatoms. The zero-order chi connectivity index (χ0) is 18.9. The van der Waals surface area contributed by atoms with Crippen molar-refractivity contribution in [3.63, 3.8) is 0 Å². The number of anilines is 1. The first-order valence-corrected chi connectivity index (χ1v) is 9.87. The molecule has 1 saturated heterocycles. The second kappa shape index (κ2) is 5.78. The van der Waals surface area contributed by atoms with Crippen LogP contribution in [-0.4, -0.2) is 29.2 Å². The van der Waals surface area contributed by atoms with Crippen LogP contribution in [0.15, 0.2) is 30.4 Å². The SMILES string of the molecule is Cc1cccc(NC(=O)CCN2C(=O)[C@@H]3[C@H]4C=C[C@@H]([C@@H]5C[C@@H]45)[C@@H]3C2=O)c1C. The molecule has 0 spiro atoms. The zero-order valence-corrected chi connectivity index (χ0v) is 15.6. The lowest BCUT2D eigenvalue weighted by Crippen LogP contribution is -2.40. The molecule has 6 rings (SSSR count). The van der Waals surface area contributed by atoms with Crippen LogP contribution in [0.2, 0.25) is 0 Å². The van der Waals surface area contributed by atoms with Crippen molar-refractivity contribution in [2.75, 3.05) is 11.9 Å². The van der Waals surface area contributed by atoms with Crippen molar-refractivity contribution in [1.29, 1.82) is 0 Å². The smallest absolute Gasteiger partial charge is 0.233 e. The average molecular weight is 364 g/mol. The number of likely N-dealkylation sites (tertiary alicyclic amines) is 1. The fourth-order valence-electron chi connectivity index (χ4n) is 5.55. The molecular weight excluding hydrogens is 340 g/mol. The van der Waals surface area contributed by atoms with E-state index in [0.29, 0.717) is 11.8 Å². The van der Waals surface area contributed by atoms with Gasteiger partial charge in [0.1, 0.15) is 0 Å². The molecule has 4 aliphatic carbocycles. The summed E-state index contributed by atoms with van der Waals surface area (Å²) in [6.45, 7) is 4.15. The Morgan fingerprint density at radius 2 is 1.70 bits per heavy atom. The monoisotopic (exact) mass is 364 g/mol. The van der Waals surface area contributed by atoms with Crippen LogP contribution in [0.3, 0.4) is 0 Å². The van der Waals surface area contributed by atoms with Gasteiger partial charge in [0.05, 0.1) is 11.8 Å². The second-order valence-corrected chi connectivity index (χ2v) is 8.53. The molecule has 2 saturated carbocycles. The number of rotatable bonds is 4. The summed E-state index contributed by atoms with van der Waals surface area (Å²) in [5.41, 5.74) is 2.94. The maximum absolute atomic E-state index is 12.9. The van der Waals surface area contributed by atoms with Crippen LogP contribution in [0.25, 0.3) is 0 Å². The van der Waals surface area contributed by atoms with Gasteiger partial charge in [-0.15, -0.1) is 0 Å². The van der Waals surface area contributed by atoms with Gasteiger partial charge in [0.25, 0.3) is 0 Å². The highest BCUT2D eigenvalue weighted by molar-refractivity contribution is 6.06. The van der Waals surface area contributed by atoms with Crippen LogP contribution in [0.5, 0.6) is 0 Å². The van der Waals surface area contributed by atoms with E-state index in [-0.39, 0.29) is 54.4 Å². The van der Waals surface area contributed by atoms with E-state index in [2.05, 4.69) is 17.5 Å². The van der Waals surface area contributed by atoms with Gasteiger partial charge in [0.2, 0.25) is 17.7 Å². The number of nitrogens with zero attached hydrogens (tertiary/aromatic N) is 1. The third-order valence-electron chi connectivity index (χ3n) is 7.20. The van der Waals surface area contributed by atoms with Crippen molar-refractivity contribution in [2.24, 2.45) is 35.5 Å². The number of allylic oxidation sites excluding steroid dienone is 2. The highest BCUT2D eigenvalue weighted by Crippen LogP contribution is 2.65. The lowest BCUT2D eigenvalue weighted by molar-refractivity contribution is -0.140. The molecule has 1 aromatic carbocycles. The molecule has 0 unspecified atom stereocenters. The fourth-order valence-corrected chi connectivity index (χ4v) is 5.55. The Bertz CT molecular complexity index is 854. The Kier molecular flexibility index (Phi) is 3.58. The molecule has 5 aliphatic rings. The number of hydrogen-bond donors (Lipinski definition) is 1. The van der Waals surface area contributed by atoms with E-state index < -0.39 is 0 Å².